The molecule has 0 saturated heterocycles. The van der Waals surface area contributed by atoms with Crippen molar-refractivity contribution in [3.8, 4) is 11.5 Å². The van der Waals surface area contributed by atoms with Crippen molar-refractivity contribution in [2.75, 3.05) is 0 Å². The van der Waals surface area contributed by atoms with Gasteiger partial charge in [0.1, 0.15) is 24.4 Å². The Bertz CT molecular complexity index is 942. The monoisotopic (exact) mass is 523 g/mol. The molecule has 10 heteroatoms. The van der Waals surface area contributed by atoms with Gasteiger partial charge in [0.15, 0.2) is 11.5 Å². The van der Waals surface area contributed by atoms with Gasteiger partial charge in [-0.25, -0.2) is 4.79 Å². The van der Waals surface area contributed by atoms with E-state index in [-0.39, 0.29) is 35.9 Å². The molecule has 2 unspecified atom stereocenters. The van der Waals surface area contributed by atoms with E-state index in [1.807, 2.05) is 13.8 Å². The van der Waals surface area contributed by atoms with Gasteiger partial charge in [-0.1, -0.05) is 47.6 Å². The fourth-order valence-electron chi connectivity index (χ4n) is 2.56. The highest BCUT2D eigenvalue weighted by atomic mass is 16.7. The molecule has 0 aromatic heterocycles. The lowest BCUT2D eigenvalue weighted by Gasteiger charge is -2.23. The van der Waals surface area contributed by atoms with Gasteiger partial charge in [-0.2, -0.15) is 0 Å². The average Bonchev–Trinajstić information content (AvgIpc) is 2.79. The highest BCUT2D eigenvalue weighted by Gasteiger charge is 2.26. The summed E-state index contributed by atoms with van der Waals surface area (Å²) in [6.07, 6.45) is -2.65. The zero-order chi connectivity index (χ0) is 28.4. The van der Waals surface area contributed by atoms with E-state index in [2.05, 4.69) is 0 Å². The second kappa shape index (κ2) is 14.6. The van der Waals surface area contributed by atoms with Crippen LogP contribution in [-0.2, 0) is 35.0 Å². The smallest absolute Gasteiger partial charge is 0.458 e. The fourth-order valence-corrected chi connectivity index (χ4v) is 2.56. The molecule has 0 amide bonds. The Morgan fingerprint density at radius 2 is 1.16 bits per heavy atom. The van der Waals surface area contributed by atoms with Crippen LogP contribution < -0.4 is 15.2 Å². The van der Waals surface area contributed by atoms with Gasteiger partial charge in [0.05, 0.1) is 11.8 Å². The van der Waals surface area contributed by atoms with Crippen molar-refractivity contribution < 1.29 is 42.9 Å². The SMILES string of the molecule is CC(C)C(=O)Oc1ccc(C[C@H](N)C(=O)O[C@@H](C)C(C)OC(=O)OC(C)C(C)C)cc1OC(=O)C(C)C. The molecule has 10 nitrogen and oxygen atoms in total. The van der Waals surface area contributed by atoms with Crippen molar-refractivity contribution in [3.05, 3.63) is 23.8 Å². The van der Waals surface area contributed by atoms with Crippen molar-refractivity contribution in [3.63, 3.8) is 0 Å². The molecule has 4 atom stereocenters. The average molecular weight is 524 g/mol. The molecule has 37 heavy (non-hydrogen) atoms. The Kier molecular flexibility index (Phi) is 12.6. The Labute approximate surface area is 219 Å². The molecule has 0 bridgehead atoms. The second-order valence-electron chi connectivity index (χ2n) is 10.0. The summed E-state index contributed by atoms with van der Waals surface area (Å²) < 4.78 is 26.5. The number of benzene rings is 1. The van der Waals surface area contributed by atoms with Crippen LogP contribution in [0.2, 0.25) is 0 Å². The van der Waals surface area contributed by atoms with Crippen LogP contribution >= 0.6 is 0 Å². The van der Waals surface area contributed by atoms with E-state index in [1.165, 1.54) is 12.1 Å². The minimum Gasteiger partial charge on any atom is -0.458 e. The minimum absolute atomic E-state index is 0.0512. The molecule has 0 spiro atoms. The Morgan fingerprint density at radius 1 is 0.676 bits per heavy atom. The summed E-state index contributed by atoms with van der Waals surface area (Å²) in [5.41, 5.74) is 6.61. The first kappa shape index (κ1) is 31.9. The van der Waals surface area contributed by atoms with Crippen LogP contribution in [0.15, 0.2) is 18.2 Å². The summed E-state index contributed by atoms with van der Waals surface area (Å²) in [6.45, 7) is 15.5. The third kappa shape index (κ3) is 10.8. The number of carbonyl (C=O) groups is 4. The summed E-state index contributed by atoms with van der Waals surface area (Å²) in [5, 5.41) is 0. The summed E-state index contributed by atoms with van der Waals surface area (Å²) in [6, 6.07) is 3.54. The van der Waals surface area contributed by atoms with E-state index in [4.69, 9.17) is 29.4 Å². The van der Waals surface area contributed by atoms with E-state index >= 15 is 0 Å². The third-order valence-electron chi connectivity index (χ3n) is 5.60. The fraction of sp³-hybridized carbons (Fsp3) is 0.630. The molecule has 0 fully saturated rings. The van der Waals surface area contributed by atoms with Gasteiger partial charge in [0.25, 0.3) is 0 Å². The summed E-state index contributed by atoms with van der Waals surface area (Å²) in [5.74, 6) is -2.23. The maximum Gasteiger partial charge on any atom is 0.508 e. The largest absolute Gasteiger partial charge is 0.508 e. The summed E-state index contributed by atoms with van der Waals surface area (Å²) in [7, 11) is 0. The molecule has 0 heterocycles. The summed E-state index contributed by atoms with van der Waals surface area (Å²) in [4.78, 5) is 48.8. The molecule has 0 radical (unpaired) electrons. The van der Waals surface area contributed by atoms with E-state index < -0.39 is 48.2 Å². The van der Waals surface area contributed by atoms with Crippen molar-refractivity contribution >= 4 is 24.1 Å². The normalized spacial score (nSPS) is 14.5. The van der Waals surface area contributed by atoms with Gasteiger partial charge in [-0.15, -0.1) is 0 Å². The molecule has 0 aliphatic carbocycles. The van der Waals surface area contributed by atoms with E-state index in [0.717, 1.165) is 0 Å². The molecule has 0 aliphatic rings. The van der Waals surface area contributed by atoms with E-state index in [1.54, 1.807) is 54.5 Å². The predicted molar refractivity (Wildman–Crippen MR) is 136 cm³/mol. The van der Waals surface area contributed by atoms with Crippen molar-refractivity contribution in [1.82, 2.24) is 0 Å². The molecular formula is C27H41NO9. The van der Waals surface area contributed by atoms with Crippen LogP contribution in [0.5, 0.6) is 11.5 Å². The quantitative estimate of drug-likeness (QED) is 0.313. The van der Waals surface area contributed by atoms with Crippen LogP contribution in [0.25, 0.3) is 0 Å². The van der Waals surface area contributed by atoms with Crippen molar-refractivity contribution in [2.24, 2.45) is 23.5 Å². The Hall–Kier alpha value is -3.14. The van der Waals surface area contributed by atoms with Crippen LogP contribution in [0.1, 0.15) is 67.9 Å². The Morgan fingerprint density at radius 3 is 1.68 bits per heavy atom. The molecule has 0 aliphatic heterocycles. The topological polar surface area (TPSA) is 140 Å². The highest BCUT2D eigenvalue weighted by Crippen LogP contribution is 2.30. The predicted octanol–water partition coefficient (Wildman–Crippen LogP) is 4.20. The number of ether oxygens (including phenoxy) is 5. The molecule has 0 saturated carbocycles. The van der Waals surface area contributed by atoms with Crippen LogP contribution in [0.3, 0.4) is 0 Å². The number of hydrogen-bond acceptors (Lipinski definition) is 10. The number of nitrogens with two attached hydrogens (primary N) is 1. The molecule has 1 aromatic rings. The van der Waals surface area contributed by atoms with Crippen LogP contribution in [0, 0.1) is 17.8 Å². The first-order valence-corrected chi connectivity index (χ1v) is 12.5. The van der Waals surface area contributed by atoms with Gasteiger partial charge in [0.2, 0.25) is 0 Å². The van der Waals surface area contributed by atoms with Gasteiger partial charge in [-0.05, 0) is 50.8 Å². The Balaban J connectivity index is 2.86. The first-order chi connectivity index (χ1) is 17.1. The zero-order valence-corrected chi connectivity index (χ0v) is 23.2. The van der Waals surface area contributed by atoms with Crippen LogP contribution in [-0.4, -0.2) is 48.4 Å². The lowest BCUT2D eigenvalue weighted by atomic mass is 10.1. The lowest BCUT2D eigenvalue weighted by molar-refractivity contribution is -0.156. The minimum atomic E-state index is -1.06. The van der Waals surface area contributed by atoms with E-state index in [9.17, 15) is 19.2 Å². The molecule has 208 valence electrons. The van der Waals surface area contributed by atoms with Crippen molar-refractivity contribution in [1.29, 1.82) is 0 Å². The van der Waals surface area contributed by atoms with Gasteiger partial charge < -0.3 is 29.4 Å². The molecular weight excluding hydrogens is 482 g/mol. The van der Waals surface area contributed by atoms with Gasteiger partial charge in [-0.3, -0.25) is 14.4 Å². The maximum atomic E-state index is 12.6. The maximum absolute atomic E-state index is 12.6. The lowest BCUT2D eigenvalue weighted by Crippen LogP contribution is -2.39. The number of carbonyl (C=O) groups excluding carboxylic acids is 4. The standard InChI is InChI=1S/C27H41NO9/c1-14(2)17(7)34-27(32)35-19(9)18(8)33-26(31)21(28)12-20-10-11-22(36-24(29)15(3)4)23(13-20)37-25(30)16(5)6/h10-11,13-19,21H,12,28H2,1-9H3/t17?,18-,19?,21-/m0/s1. The first-order valence-electron chi connectivity index (χ1n) is 12.5. The molecule has 1 aromatic carbocycles. The third-order valence-corrected chi connectivity index (χ3v) is 5.60. The summed E-state index contributed by atoms with van der Waals surface area (Å²) >= 11 is 0. The van der Waals surface area contributed by atoms with Crippen LogP contribution in [0.4, 0.5) is 4.79 Å². The van der Waals surface area contributed by atoms with Crippen molar-refractivity contribution in [2.45, 2.75) is 93.1 Å². The van der Waals surface area contributed by atoms with Gasteiger partial charge in [0, 0.05) is 0 Å². The molecule has 2 N–H and O–H groups in total. The highest BCUT2D eigenvalue weighted by molar-refractivity contribution is 5.78. The number of hydrogen-bond donors (Lipinski definition) is 1. The zero-order valence-electron chi connectivity index (χ0n) is 23.2. The molecule has 1 rings (SSSR count). The second-order valence-corrected chi connectivity index (χ2v) is 10.0. The van der Waals surface area contributed by atoms with Gasteiger partial charge >= 0.3 is 24.1 Å². The van der Waals surface area contributed by atoms with E-state index in [0.29, 0.717) is 5.56 Å². The number of esters is 3. The number of rotatable bonds is 12.